The van der Waals surface area contributed by atoms with Gasteiger partial charge in [0.1, 0.15) is 11.4 Å². The van der Waals surface area contributed by atoms with Crippen LogP contribution < -0.4 is 4.74 Å². The number of rotatable bonds is 9. The Balaban J connectivity index is 1.49. The monoisotopic (exact) mass is 367 g/mol. The van der Waals surface area contributed by atoms with E-state index in [0.29, 0.717) is 19.0 Å². The first-order chi connectivity index (χ1) is 12.8. The van der Waals surface area contributed by atoms with Crippen molar-refractivity contribution in [2.24, 2.45) is 5.11 Å². The Bertz CT molecular complexity index is 834. The Morgan fingerprint density at radius 2 is 1.88 bits per heavy atom. The number of benzene rings is 2. The Morgan fingerprint density at radius 1 is 1.08 bits per heavy atom. The molecule has 0 spiro atoms. The number of azide groups is 1. The quantitative estimate of drug-likeness (QED) is 0.317. The topological polar surface area (TPSA) is 93.0 Å². The second-order valence-electron chi connectivity index (χ2n) is 5.48. The van der Waals surface area contributed by atoms with E-state index >= 15 is 0 Å². The van der Waals surface area contributed by atoms with Gasteiger partial charge in [-0.05, 0) is 46.9 Å². The largest absolute Gasteiger partial charge is 0.493 e. The van der Waals surface area contributed by atoms with Crippen molar-refractivity contribution in [2.45, 2.75) is 12.6 Å². The molecule has 0 aliphatic carbocycles. The van der Waals surface area contributed by atoms with Gasteiger partial charge < -0.3 is 9.47 Å². The van der Waals surface area contributed by atoms with E-state index in [4.69, 9.17) is 15.0 Å². The first-order valence-corrected chi connectivity index (χ1v) is 8.85. The molecule has 3 rings (SSSR count). The smallest absolute Gasteiger partial charge is 0.119 e. The van der Waals surface area contributed by atoms with Crippen molar-refractivity contribution in [1.82, 2.24) is 9.59 Å². The molecular weight excluding hydrogens is 350 g/mol. The zero-order valence-corrected chi connectivity index (χ0v) is 14.7. The fraction of sp³-hybridized carbons (Fsp3) is 0.222. The van der Waals surface area contributed by atoms with Gasteiger partial charge >= 0.3 is 0 Å². The van der Waals surface area contributed by atoms with Crippen LogP contribution in [-0.4, -0.2) is 28.8 Å². The molecule has 0 radical (unpaired) electrons. The molecule has 0 N–H and O–H groups in total. The summed E-state index contributed by atoms with van der Waals surface area (Å²) in [5, 5.41) is 9.66. The van der Waals surface area contributed by atoms with Gasteiger partial charge in [-0.3, -0.25) is 0 Å². The highest BCUT2D eigenvalue weighted by atomic mass is 32.1. The lowest BCUT2D eigenvalue weighted by Gasteiger charge is -2.13. The summed E-state index contributed by atoms with van der Waals surface area (Å²) in [6, 6.07) is 17.0. The highest BCUT2D eigenvalue weighted by Crippen LogP contribution is 2.21. The number of ether oxygens (including phenoxy) is 2. The molecule has 1 atom stereocenters. The van der Waals surface area contributed by atoms with Crippen LogP contribution in [0.3, 0.4) is 0 Å². The van der Waals surface area contributed by atoms with Gasteiger partial charge in [-0.2, -0.15) is 0 Å². The first kappa shape index (κ1) is 17.9. The zero-order valence-electron chi connectivity index (χ0n) is 13.9. The van der Waals surface area contributed by atoms with Crippen molar-refractivity contribution in [1.29, 1.82) is 0 Å². The van der Waals surface area contributed by atoms with Crippen LogP contribution in [0.15, 0.2) is 65.1 Å². The van der Waals surface area contributed by atoms with E-state index in [2.05, 4.69) is 19.6 Å². The average Bonchev–Trinajstić information content (AvgIpc) is 3.22. The third-order valence-electron chi connectivity index (χ3n) is 3.59. The van der Waals surface area contributed by atoms with Crippen molar-refractivity contribution in [3.8, 4) is 17.0 Å². The van der Waals surface area contributed by atoms with Crippen molar-refractivity contribution in [2.75, 3.05) is 13.2 Å². The summed E-state index contributed by atoms with van der Waals surface area (Å²) in [5.74, 6) is 0.693. The summed E-state index contributed by atoms with van der Waals surface area (Å²) >= 11 is 1.31. The molecule has 3 aromatic rings. The summed E-state index contributed by atoms with van der Waals surface area (Å²) in [6.07, 6.45) is 0. The zero-order chi connectivity index (χ0) is 18.0. The predicted octanol–water partition coefficient (Wildman–Crippen LogP) is 4.48. The van der Waals surface area contributed by atoms with Crippen molar-refractivity contribution in [3.63, 3.8) is 0 Å². The van der Waals surface area contributed by atoms with E-state index in [1.807, 2.05) is 60.0 Å². The molecule has 8 heteroatoms. The maximum absolute atomic E-state index is 8.73. The first-order valence-electron chi connectivity index (χ1n) is 8.01. The van der Waals surface area contributed by atoms with Crippen molar-refractivity contribution < 1.29 is 9.47 Å². The summed E-state index contributed by atoms with van der Waals surface area (Å²) in [4.78, 5) is 2.87. The van der Waals surface area contributed by atoms with E-state index in [0.717, 1.165) is 16.8 Å². The van der Waals surface area contributed by atoms with Gasteiger partial charge in [0.05, 0.1) is 25.9 Å². The lowest BCUT2D eigenvalue weighted by molar-refractivity contribution is 0.0936. The molecule has 132 valence electrons. The molecule has 0 bridgehead atoms. The van der Waals surface area contributed by atoms with Gasteiger partial charge in [-0.15, -0.1) is 5.10 Å². The Kier molecular flexibility index (Phi) is 6.55. The van der Waals surface area contributed by atoms with Gasteiger partial charge in [0, 0.05) is 15.9 Å². The van der Waals surface area contributed by atoms with Gasteiger partial charge in [-0.1, -0.05) is 39.9 Å². The minimum atomic E-state index is -0.397. The molecule has 26 heavy (non-hydrogen) atoms. The summed E-state index contributed by atoms with van der Waals surface area (Å²) in [7, 11) is 0. The molecule has 1 heterocycles. The van der Waals surface area contributed by atoms with E-state index in [-0.39, 0.29) is 6.61 Å². The summed E-state index contributed by atoms with van der Waals surface area (Å²) in [5.41, 5.74) is 11.6. The van der Waals surface area contributed by atoms with Crippen LogP contribution >= 0.6 is 11.5 Å². The number of nitrogens with zero attached hydrogens (tertiary/aromatic N) is 5. The van der Waals surface area contributed by atoms with Crippen LogP contribution in [0.5, 0.6) is 5.75 Å². The fourth-order valence-corrected chi connectivity index (χ4v) is 2.74. The standard InChI is InChI=1S/C18H17N5O2S/c19-22-20-16(11-24-10-14-4-2-1-3-5-14)12-25-17-8-6-15(7-9-17)18-13-26-23-21-18/h1-9,13,16H,10-12H2. The van der Waals surface area contributed by atoms with Gasteiger partial charge in [0.25, 0.3) is 0 Å². The van der Waals surface area contributed by atoms with Crippen LogP contribution in [0.2, 0.25) is 0 Å². The fourth-order valence-electron chi connectivity index (χ4n) is 2.28. The molecule has 0 aliphatic heterocycles. The maximum atomic E-state index is 8.73. The minimum absolute atomic E-state index is 0.246. The second kappa shape index (κ2) is 9.53. The Labute approximate surface area is 155 Å². The van der Waals surface area contributed by atoms with E-state index < -0.39 is 6.04 Å². The lowest BCUT2D eigenvalue weighted by atomic mass is 10.2. The Hall–Kier alpha value is -2.93. The van der Waals surface area contributed by atoms with Crippen molar-refractivity contribution in [3.05, 3.63) is 76.0 Å². The molecular formula is C18H17N5O2S. The number of aromatic nitrogens is 2. The predicted molar refractivity (Wildman–Crippen MR) is 99.9 cm³/mol. The second-order valence-corrected chi connectivity index (χ2v) is 6.09. The number of hydrogen-bond acceptors (Lipinski definition) is 6. The summed E-state index contributed by atoms with van der Waals surface area (Å²) in [6.45, 7) is 1.01. The molecule has 1 unspecified atom stereocenters. The third kappa shape index (κ3) is 5.29. The highest BCUT2D eigenvalue weighted by molar-refractivity contribution is 7.03. The normalized spacial score (nSPS) is 11.5. The van der Waals surface area contributed by atoms with E-state index in [1.54, 1.807) is 0 Å². The Morgan fingerprint density at radius 3 is 2.58 bits per heavy atom. The molecule has 2 aromatic carbocycles. The van der Waals surface area contributed by atoms with Crippen LogP contribution in [-0.2, 0) is 11.3 Å². The molecule has 0 saturated carbocycles. The molecule has 0 saturated heterocycles. The van der Waals surface area contributed by atoms with Gasteiger partial charge in [0.15, 0.2) is 0 Å². The van der Waals surface area contributed by atoms with Crippen LogP contribution in [0, 0.1) is 0 Å². The van der Waals surface area contributed by atoms with Gasteiger partial charge in [-0.25, -0.2) is 0 Å². The maximum Gasteiger partial charge on any atom is 0.119 e. The SMILES string of the molecule is [N-]=[N+]=NC(COCc1ccccc1)COc1ccc(-c2csnn2)cc1. The number of hydrogen-bond donors (Lipinski definition) is 0. The third-order valence-corrected chi connectivity index (χ3v) is 4.09. The average molecular weight is 367 g/mol. The van der Waals surface area contributed by atoms with E-state index in [1.165, 1.54) is 11.5 Å². The van der Waals surface area contributed by atoms with Crippen molar-refractivity contribution >= 4 is 11.5 Å². The van der Waals surface area contributed by atoms with E-state index in [9.17, 15) is 0 Å². The van der Waals surface area contributed by atoms with Crippen LogP contribution in [0.1, 0.15) is 5.56 Å². The molecule has 0 fully saturated rings. The van der Waals surface area contributed by atoms with Crippen LogP contribution in [0.4, 0.5) is 0 Å². The minimum Gasteiger partial charge on any atom is -0.493 e. The molecule has 0 aliphatic rings. The molecule has 0 amide bonds. The van der Waals surface area contributed by atoms with Crippen LogP contribution in [0.25, 0.3) is 21.7 Å². The van der Waals surface area contributed by atoms with Gasteiger partial charge in [0.2, 0.25) is 0 Å². The molecule has 7 nitrogen and oxygen atoms in total. The molecule has 1 aromatic heterocycles. The lowest BCUT2D eigenvalue weighted by Crippen LogP contribution is -2.21. The summed E-state index contributed by atoms with van der Waals surface area (Å²) < 4.78 is 15.2. The highest BCUT2D eigenvalue weighted by Gasteiger charge is 2.09.